The molecule has 0 fully saturated rings. The summed E-state index contributed by atoms with van der Waals surface area (Å²) in [6, 6.07) is 11.1. The van der Waals surface area contributed by atoms with E-state index in [0.29, 0.717) is 5.56 Å². The molecule has 5 nitrogen and oxygen atoms in total. The molecule has 0 N–H and O–H groups in total. The van der Waals surface area contributed by atoms with Crippen LogP contribution in [0.25, 0.3) is 0 Å². The second-order valence-electron chi connectivity index (χ2n) is 6.43. The standard InChI is InChI=1S/C21H22N2O3S/c1-14-6-4-8-19(22-14)21(25)26-13-20(24)18-12-15(2)23(16(18)3)10-9-17-7-5-11-27-17/h4-8,11-12H,9-10,13H2,1-3H3. The second kappa shape index (κ2) is 8.31. The van der Waals surface area contributed by atoms with Gasteiger partial charge in [0.15, 0.2) is 6.61 Å². The molecule has 0 saturated carbocycles. The number of carbonyl (C=O) groups is 2. The van der Waals surface area contributed by atoms with Gasteiger partial charge in [0.05, 0.1) is 0 Å². The lowest BCUT2D eigenvalue weighted by Gasteiger charge is -2.09. The molecule has 3 aromatic rings. The van der Waals surface area contributed by atoms with Gasteiger partial charge in [-0.05, 0) is 56.8 Å². The van der Waals surface area contributed by atoms with E-state index < -0.39 is 5.97 Å². The van der Waals surface area contributed by atoms with Crippen LogP contribution in [0.1, 0.15) is 42.8 Å². The van der Waals surface area contributed by atoms with Crippen LogP contribution in [0.3, 0.4) is 0 Å². The molecule has 3 heterocycles. The van der Waals surface area contributed by atoms with E-state index in [1.165, 1.54) is 4.88 Å². The Labute approximate surface area is 162 Å². The maximum absolute atomic E-state index is 12.6. The molecule has 0 aliphatic rings. The summed E-state index contributed by atoms with van der Waals surface area (Å²) in [7, 11) is 0. The summed E-state index contributed by atoms with van der Waals surface area (Å²) in [5.41, 5.74) is 3.47. The number of ether oxygens (including phenoxy) is 1. The van der Waals surface area contributed by atoms with E-state index in [0.717, 1.165) is 30.0 Å². The molecule has 0 unspecified atom stereocenters. The van der Waals surface area contributed by atoms with Crippen LogP contribution in [-0.2, 0) is 17.7 Å². The molecular formula is C21H22N2O3S. The Morgan fingerprint density at radius 2 is 1.96 bits per heavy atom. The number of ketones is 1. The molecule has 0 spiro atoms. The Bertz CT molecular complexity index is 958. The van der Waals surface area contributed by atoms with Gasteiger partial charge in [0.25, 0.3) is 0 Å². The molecule has 3 aromatic heterocycles. The summed E-state index contributed by atoms with van der Waals surface area (Å²) in [6.07, 6.45) is 0.926. The van der Waals surface area contributed by atoms with Crippen molar-refractivity contribution >= 4 is 23.1 Å². The van der Waals surface area contributed by atoms with E-state index in [1.54, 1.807) is 36.5 Å². The van der Waals surface area contributed by atoms with E-state index in [-0.39, 0.29) is 18.1 Å². The van der Waals surface area contributed by atoms with Gasteiger partial charge in [0.1, 0.15) is 5.69 Å². The van der Waals surface area contributed by atoms with E-state index in [9.17, 15) is 9.59 Å². The quantitative estimate of drug-likeness (QED) is 0.455. The number of Topliss-reactive ketones (excluding diaryl/α,β-unsaturated/α-hetero) is 1. The van der Waals surface area contributed by atoms with Crippen molar-refractivity contribution in [2.75, 3.05) is 6.61 Å². The number of pyridine rings is 1. The number of carbonyl (C=O) groups excluding carboxylic acids is 2. The molecular weight excluding hydrogens is 360 g/mol. The van der Waals surface area contributed by atoms with Crippen molar-refractivity contribution in [3.05, 3.63) is 75.0 Å². The van der Waals surface area contributed by atoms with E-state index in [4.69, 9.17) is 4.74 Å². The van der Waals surface area contributed by atoms with Crippen molar-refractivity contribution in [1.82, 2.24) is 9.55 Å². The second-order valence-corrected chi connectivity index (χ2v) is 7.46. The number of nitrogens with zero attached hydrogens (tertiary/aromatic N) is 2. The van der Waals surface area contributed by atoms with Crippen LogP contribution in [0.4, 0.5) is 0 Å². The predicted molar refractivity (Wildman–Crippen MR) is 106 cm³/mol. The zero-order valence-electron chi connectivity index (χ0n) is 15.7. The highest BCUT2D eigenvalue weighted by atomic mass is 32.1. The molecule has 140 valence electrons. The average Bonchev–Trinajstić information content (AvgIpc) is 3.26. The summed E-state index contributed by atoms with van der Waals surface area (Å²) in [5.74, 6) is -0.787. The first-order valence-electron chi connectivity index (χ1n) is 8.79. The third-order valence-corrected chi connectivity index (χ3v) is 5.40. The number of thiophene rings is 1. The van der Waals surface area contributed by atoms with Crippen molar-refractivity contribution in [3.63, 3.8) is 0 Å². The van der Waals surface area contributed by atoms with Gasteiger partial charge in [0, 0.05) is 34.1 Å². The molecule has 0 aliphatic heterocycles. The minimum atomic E-state index is -0.585. The monoisotopic (exact) mass is 382 g/mol. The van der Waals surface area contributed by atoms with E-state index in [2.05, 4.69) is 21.0 Å². The Kier molecular flexibility index (Phi) is 5.86. The number of hydrogen-bond donors (Lipinski definition) is 0. The fraction of sp³-hybridized carbons (Fsp3) is 0.286. The maximum Gasteiger partial charge on any atom is 0.357 e. The smallest absolute Gasteiger partial charge is 0.357 e. The largest absolute Gasteiger partial charge is 0.453 e. The Hall–Kier alpha value is -2.73. The number of rotatable bonds is 7. The zero-order chi connectivity index (χ0) is 19.4. The summed E-state index contributed by atoms with van der Waals surface area (Å²) < 4.78 is 7.30. The summed E-state index contributed by atoms with van der Waals surface area (Å²) in [4.78, 5) is 30.1. The van der Waals surface area contributed by atoms with Crippen LogP contribution >= 0.6 is 11.3 Å². The fourth-order valence-electron chi connectivity index (χ4n) is 3.04. The highest BCUT2D eigenvalue weighted by Gasteiger charge is 2.18. The third-order valence-electron chi connectivity index (χ3n) is 4.47. The third kappa shape index (κ3) is 4.52. The Morgan fingerprint density at radius 1 is 1.15 bits per heavy atom. The molecule has 0 atom stereocenters. The van der Waals surface area contributed by atoms with Gasteiger partial charge in [-0.15, -0.1) is 11.3 Å². The maximum atomic E-state index is 12.6. The molecule has 0 saturated heterocycles. The van der Waals surface area contributed by atoms with Crippen LogP contribution in [0, 0.1) is 20.8 Å². The molecule has 0 aliphatic carbocycles. The lowest BCUT2D eigenvalue weighted by Crippen LogP contribution is -2.16. The number of aryl methyl sites for hydroxylation is 3. The highest BCUT2D eigenvalue weighted by molar-refractivity contribution is 7.09. The molecule has 0 bridgehead atoms. The van der Waals surface area contributed by atoms with Gasteiger partial charge in [-0.1, -0.05) is 12.1 Å². The van der Waals surface area contributed by atoms with Gasteiger partial charge in [-0.3, -0.25) is 4.79 Å². The Balaban J connectivity index is 1.64. The fourth-order valence-corrected chi connectivity index (χ4v) is 3.74. The minimum absolute atomic E-state index is 0.202. The summed E-state index contributed by atoms with van der Waals surface area (Å²) >= 11 is 1.73. The van der Waals surface area contributed by atoms with Gasteiger partial charge in [0.2, 0.25) is 5.78 Å². The lowest BCUT2D eigenvalue weighted by molar-refractivity contribution is 0.0468. The molecule has 6 heteroatoms. The van der Waals surface area contributed by atoms with Crippen LogP contribution in [0.2, 0.25) is 0 Å². The first kappa shape index (κ1) is 19.0. The van der Waals surface area contributed by atoms with Crippen molar-refractivity contribution in [1.29, 1.82) is 0 Å². The van der Waals surface area contributed by atoms with Gasteiger partial charge in [-0.25, -0.2) is 9.78 Å². The topological polar surface area (TPSA) is 61.2 Å². The number of hydrogen-bond acceptors (Lipinski definition) is 5. The van der Waals surface area contributed by atoms with Gasteiger partial charge >= 0.3 is 5.97 Å². The van der Waals surface area contributed by atoms with E-state index >= 15 is 0 Å². The van der Waals surface area contributed by atoms with Crippen molar-refractivity contribution < 1.29 is 14.3 Å². The number of aromatic nitrogens is 2. The molecule has 0 radical (unpaired) electrons. The minimum Gasteiger partial charge on any atom is -0.453 e. The first-order valence-corrected chi connectivity index (χ1v) is 9.66. The zero-order valence-corrected chi connectivity index (χ0v) is 16.5. The Morgan fingerprint density at radius 3 is 2.67 bits per heavy atom. The van der Waals surface area contributed by atoms with Crippen LogP contribution in [-0.4, -0.2) is 27.9 Å². The average molecular weight is 382 g/mol. The molecule has 3 rings (SSSR count). The summed E-state index contributed by atoms with van der Waals surface area (Å²) in [5, 5.41) is 2.07. The van der Waals surface area contributed by atoms with Gasteiger partial charge < -0.3 is 9.30 Å². The summed E-state index contributed by atoms with van der Waals surface area (Å²) in [6.45, 7) is 6.24. The first-order chi connectivity index (χ1) is 13.0. The van der Waals surface area contributed by atoms with Crippen LogP contribution < -0.4 is 0 Å². The molecule has 0 aromatic carbocycles. The van der Waals surface area contributed by atoms with Crippen LogP contribution in [0.5, 0.6) is 0 Å². The lowest BCUT2D eigenvalue weighted by atomic mass is 10.1. The van der Waals surface area contributed by atoms with Crippen molar-refractivity contribution in [3.8, 4) is 0 Å². The number of esters is 1. The highest BCUT2D eigenvalue weighted by Crippen LogP contribution is 2.18. The van der Waals surface area contributed by atoms with Crippen molar-refractivity contribution in [2.45, 2.75) is 33.7 Å². The molecule has 0 amide bonds. The van der Waals surface area contributed by atoms with Gasteiger partial charge in [-0.2, -0.15) is 0 Å². The molecule has 27 heavy (non-hydrogen) atoms. The van der Waals surface area contributed by atoms with Crippen LogP contribution in [0.15, 0.2) is 41.8 Å². The normalized spacial score (nSPS) is 10.8. The van der Waals surface area contributed by atoms with E-state index in [1.807, 2.05) is 26.0 Å². The predicted octanol–water partition coefficient (Wildman–Crippen LogP) is 4.15. The SMILES string of the molecule is Cc1cccc(C(=O)OCC(=O)c2cc(C)n(CCc3cccs3)c2C)n1. The van der Waals surface area contributed by atoms with Crippen molar-refractivity contribution in [2.24, 2.45) is 0 Å².